The molecule has 2 N–H and O–H groups in total. The molecule has 1 saturated heterocycles. The van der Waals surface area contributed by atoms with Crippen molar-refractivity contribution in [2.75, 3.05) is 13.7 Å². The number of nitrogens with one attached hydrogen (secondary N) is 1. The van der Waals surface area contributed by atoms with Gasteiger partial charge in [-0.15, -0.1) is 0 Å². The predicted molar refractivity (Wildman–Crippen MR) is 85.8 cm³/mol. The Hall–Kier alpha value is -2.67. The Bertz CT molecular complexity index is 715. The molecule has 1 unspecified atom stereocenters. The maximum absolute atomic E-state index is 12.4. The molecule has 0 spiro atoms. The maximum atomic E-state index is 12.4. The van der Waals surface area contributed by atoms with Gasteiger partial charge in [0.05, 0.1) is 31.1 Å². The van der Waals surface area contributed by atoms with E-state index in [0.717, 1.165) is 12.8 Å². The van der Waals surface area contributed by atoms with Crippen molar-refractivity contribution >= 4 is 5.91 Å². The molecule has 0 bridgehead atoms. The van der Waals surface area contributed by atoms with Gasteiger partial charge in [0.2, 0.25) is 0 Å². The first-order valence-electron chi connectivity index (χ1n) is 7.76. The van der Waals surface area contributed by atoms with Gasteiger partial charge in [-0.05, 0) is 25.0 Å². The van der Waals surface area contributed by atoms with Crippen LogP contribution in [0.5, 0.6) is 11.5 Å². The van der Waals surface area contributed by atoms with Crippen molar-refractivity contribution in [1.29, 1.82) is 0 Å². The summed E-state index contributed by atoms with van der Waals surface area (Å²) in [5.41, 5.74) is 1.23. The number of aromatic nitrogens is 2. The lowest BCUT2D eigenvalue weighted by Gasteiger charge is -2.14. The first-order valence-corrected chi connectivity index (χ1v) is 7.76. The van der Waals surface area contributed by atoms with Gasteiger partial charge in [0.1, 0.15) is 0 Å². The minimum Gasteiger partial charge on any atom is -0.503 e. The highest BCUT2D eigenvalue weighted by Gasteiger charge is 2.25. The third kappa shape index (κ3) is 3.46. The summed E-state index contributed by atoms with van der Waals surface area (Å²) in [5.74, 6) is -0.562. The molecule has 126 valence electrons. The number of pyridine rings is 2. The van der Waals surface area contributed by atoms with Crippen LogP contribution in [0.2, 0.25) is 0 Å². The van der Waals surface area contributed by atoms with Crippen molar-refractivity contribution in [1.82, 2.24) is 15.3 Å². The van der Waals surface area contributed by atoms with Gasteiger partial charge in [-0.3, -0.25) is 9.78 Å². The van der Waals surface area contributed by atoms with E-state index < -0.39 is 5.91 Å². The van der Waals surface area contributed by atoms with Gasteiger partial charge in [-0.1, -0.05) is 6.07 Å². The van der Waals surface area contributed by atoms with E-state index in [-0.39, 0.29) is 29.8 Å². The molecule has 7 heteroatoms. The van der Waals surface area contributed by atoms with Crippen LogP contribution in [0.15, 0.2) is 30.5 Å². The molecule has 1 fully saturated rings. The number of aromatic hydroxyl groups is 1. The third-order valence-corrected chi connectivity index (χ3v) is 3.83. The van der Waals surface area contributed by atoms with E-state index in [1.54, 1.807) is 24.4 Å². The summed E-state index contributed by atoms with van der Waals surface area (Å²) in [4.78, 5) is 20.8. The highest BCUT2D eigenvalue weighted by molar-refractivity contribution is 5.95. The average Bonchev–Trinajstić information content (AvgIpc) is 3.15. The van der Waals surface area contributed by atoms with Crippen LogP contribution < -0.4 is 10.1 Å². The summed E-state index contributed by atoms with van der Waals surface area (Å²) in [6.07, 6.45) is 3.24. The Kier molecular flexibility index (Phi) is 4.90. The monoisotopic (exact) mass is 329 g/mol. The quantitative estimate of drug-likeness (QED) is 0.871. The van der Waals surface area contributed by atoms with Gasteiger partial charge in [0.25, 0.3) is 5.91 Å². The molecule has 1 aliphatic heterocycles. The molecule has 2 aromatic heterocycles. The first-order chi connectivity index (χ1) is 11.7. The van der Waals surface area contributed by atoms with Gasteiger partial charge in [-0.25, -0.2) is 4.98 Å². The SMILES string of the molecule is COc1cc(C2CCCO2)nc(C(=O)NCc2ccccn2)c1O. The fraction of sp³-hybridized carbons (Fsp3) is 0.353. The minimum absolute atomic E-state index is 0.0734. The number of ether oxygens (including phenoxy) is 2. The third-order valence-electron chi connectivity index (χ3n) is 3.83. The maximum Gasteiger partial charge on any atom is 0.274 e. The largest absolute Gasteiger partial charge is 0.503 e. The lowest BCUT2D eigenvalue weighted by atomic mass is 10.1. The fourth-order valence-electron chi connectivity index (χ4n) is 2.58. The molecule has 1 atom stereocenters. The number of carbonyl (C=O) groups is 1. The molecule has 2 aromatic rings. The summed E-state index contributed by atoms with van der Waals surface area (Å²) < 4.78 is 10.8. The molecule has 1 amide bonds. The van der Waals surface area contributed by atoms with Gasteiger partial charge in [-0.2, -0.15) is 0 Å². The second-order valence-electron chi connectivity index (χ2n) is 5.45. The van der Waals surface area contributed by atoms with Crippen LogP contribution in [0.4, 0.5) is 0 Å². The van der Waals surface area contributed by atoms with E-state index in [2.05, 4.69) is 15.3 Å². The second-order valence-corrected chi connectivity index (χ2v) is 5.45. The van der Waals surface area contributed by atoms with Gasteiger partial charge >= 0.3 is 0 Å². The van der Waals surface area contributed by atoms with Crippen LogP contribution in [0.3, 0.4) is 0 Å². The van der Waals surface area contributed by atoms with Crippen molar-refractivity contribution in [3.05, 3.63) is 47.5 Å². The normalized spacial score (nSPS) is 16.8. The smallest absolute Gasteiger partial charge is 0.274 e. The summed E-state index contributed by atoms with van der Waals surface area (Å²) in [6, 6.07) is 7.05. The van der Waals surface area contributed by atoms with Crippen LogP contribution in [-0.4, -0.2) is 34.7 Å². The Morgan fingerprint density at radius 2 is 2.38 bits per heavy atom. The van der Waals surface area contributed by atoms with Gasteiger partial charge in [0, 0.05) is 18.9 Å². The lowest BCUT2D eigenvalue weighted by molar-refractivity contribution is 0.0934. The predicted octanol–water partition coefficient (Wildman–Crippen LogP) is 1.97. The number of rotatable bonds is 5. The standard InChI is InChI=1S/C17H19N3O4/c1-23-14-9-12(13-6-4-8-24-13)20-15(16(14)21)17(22)19-10-11-5-2-3-7-18-11/h2-3,5,7,9,13,21H,4,6,8,10H2,1H3,(H,19,22). The van der Waals surface area contributed by atoms with Crippen LogP contribution in [-0.2, 0) is 11.3 Å². The van der Waals surface area contributed by atoms with E-state index in [0.29, 0.717) is 18.0 Å². The molecule has 3 rings (SSSR count). The van der Waals surface area contributed by atoms with Crippen LogP contribution in [0.1, 0.15) is 40.8 Å². The Balaban J connectivity index is 1.82. The summed E-state index contributed by atoms with van der Waals surface area (Å²) in [6.45, 7) is 0.907. The van der Waals surface area contributed by atoms with Crippen molar-refractivity contribution in [2.45, 2.75) is 25.5 Å². The van der Waals surface area contributed by atoms with Crippen molar-refractivity contribution < 1.29 is 19.4 Å². The highest BCUT2D eigenvalue weighted by atomic mass is 16.5. The first kappa shape index (κ1) is 16.2. The minimum atomic E-state index is -0.490. The lowest BCUT2D eigenvalue weighted by Crippen LogP contribution is -2.25. The molecule has 3 heterocycles. The van der Waals surface area contributed by atoms with E-state index >= 15 is 0 Å². The zero-order valence-corrected chi connectivity index (χ0v) is 13.4. The summed E-state index contributed by atoms with van der Waals surface area (Å²) in [5, 5.41) is 12.9. The number of hydrogen-bond donors (Lipinski definition) is 2. The van der Waals surface area contributed by atoms with Gasteiger partial charge < -0.3 is 19.9 Å². The molecular formula is C17H19N3O4. The number of methoxy groups -OCH3 is 1. The Morgan fingerprint density at radius 3 is 3.04 bits per heavy atom. The van der Waals surface area contributed by atoms with Crippen molar-refractivity contribution in [2.24, 2.45) is 0 Å². The van der Waals surface area contributed by atoms with E-state index in [1.165, 1.54) is 7.11 Å². The number of nitrogens with zero attached hydrogens (tertiary/aromatic N) is 2. The number of amides is 1. The molecule has 0 aliphatic carbocycles. The summed E-state index contributed by atoms with van der Waals surface area (Å²) >= 11 is 0. The molecule has 0 radical (unpaired) electrons. The van der Waals surface area contributed by atoms with Crippen LogP contribution >= 0.6 is 0 Å². The fourth-order valence-corrected chi connectivity index (χ4v) is 2.58. The molecule has 0 saturated carbocycles. The van der Waals surface area contributed by atoms with Crippen molar-refractivity contribution in [3.63, 3.8) is 0 Å². The molecule has 1 aliphatic rings. The zero-order chi connectivity index (χ0) is 16.9. The number of hydrogen-bond acceptors (Lipinski definition) is 6. The van der Waals surface area contributed by atoms with E-state index in [1.807, 2.05) is 6.07 Å². The van der Waals surface area contributed by atoms with Crippen LogP contribution in [0, 0.1) is 0 Å². The molecule has 24 heavy (non-hydrogen) atoms. The Labute approximate surface area is 139 Å². The number of carbonyl (C=O) groups excluding carboxylic acids is 1. The van der Waals surface area contributed by atoms with E-state index in [4.69, 9.17) is 9.47 Å². The average molecular weight is 329 g/mol. The molecule has 7 nitrogen and oxygen atoms in total. The highest BCUT2D eigenvalue weighted by Crippen LogP contribution is 2.35. The van der Waals surface area contributed by atoms with Crippen molar-refractivity contribution in [3.8, 4) is 11.5 Å². The summed E-state index contributed by atoms with van der Waals surface area (Å²) in [7, 11) is 1.43. The zero-order valence-electron chi connectivity index (χ0n) is 13.4. The second kappa shape index (κ2) is 7.27. The van der Waals surface area contributed by atoms with Crippen LogP contribution in [0.25, 0.3) is 0 Å². The topological polar surface area (TPSA) is 93.6 Å². The van der Waals surface area contributed by atoms with E-state index in [9.17, 15) is 9.90 Å². The molecule has 0 aromatic carbocycles. The van der Waals surface area contributed by atoms with Gasteiger partial charge in [0.15, 0.2) is 17.2 Å². The molecular weight excluding hydrogens is 310 g/mol. The Morgan fingerprint density at radius 1 is 1.50 bits per heavy atom.